The molecule has 0 saturated carbocycles. The molecule has 11 rings (SSSR count). The number of rotatable bonds is 4. The Bertz CT molecular complexity index is 3110. The molecule has 0 saturated heterocycles. The minimum Gasteiger partial charge on any atom is -0.309 e. The Balaban J connectivity index is 1.08. The van der Waals surface area contributed by atoms with Gasteiger partial charge in [-0.1, -0.05) is 127 Å². The van der Waals surface area contributed by atoms with Crippen LogP contribution in [0.2, 0.25) is 0 Å². The van der Waals surface area contributed by atoms with Crippen molar-refractivity contribution in [2.75, 3.05) is 0 Å². The largest absolute Gasteiger partial charge is 0.309 e. The SMILES string of the molecule is c1ccc(-n2c3ccccc3c3cc4c(cc32)c(-c2ccc(-c3cccc(-n5c6ccccc6c6ccccc65)c3)cc2)nc2ccccc24)cc1. The van der Waals surface area contributed by atoms with E-state index in [2.05, 4.69) is 197 Å². The van der Waals surface area contributed by atoms with Crippen molar-refractivity contribution < 1.29 is 0 Å². The van der Waals surface area contributed by atoms with Gasteiger partial charge in [0, 0.05) is 49.3 Å². The molecule has 0 aliphatic heterocycles. The summed E-state index contributed by atoms with van der Waals surface area (Å²) in [5.74, 6) is 0. The minimum absolute atomic E-state index is 0.992. The van der Waals surface area contributed by atoms with Crippen LogP contribution in [0.1, 0.15) is 0 Å². The predicted octanol–water partition coefficient (Wildman–Crippen LogP) is 12.9. The van der Waals surface area contributed by atoms with E-state index in [-0.39, 0.29) is 0 Å². The Labute approximate surface area is 300 Å². The van der Waals surface area contributed by atoms with E-state index in [0.29, 0.717) is 0 Å². The van der Waals surface area contributed by atoms with Crippen molar-refractivity contribution >= 4 is 65.3 Å². The molecule has 0 unspecified atom stereocenters. The molecule has 242 valence electrons. The van der Waals surface area contributed by atoms with E-state index in [9.17, 15) is 0 Å². The number of fused-ring (bicyclic) bond motifs is 9. The quantitative estimate of drug-likeness (QED) is 0.172. The molecule has 52 heavy (non-hydrogen) atoms. The minimum atomic E-state index is 0.992. The number of nitrogens with zero attached hydrogens (tertiary/aromatic N) is 3. The van der Waals surface area contributed by atoms with Gasteiger partial charge in [0.15, 0.2) is 0 Å². The molecular weight excluding hydrogens is 631 g/mol. The van der Waals surface area contributed by atoms with E-state index in [1.807, 2.05) is 0 Å². The van der Waals surface area contributed by atoms with E-state index in [4.69, 9.17) is 4.98 Å². The second-order valence-electron chi connectivity index (χ2n) is 13.6. The first kappa shape index (κ1) is 28.8. The first-order chi connectivity index (χ1) is 25.8. The lowest BCUT2D eigenvalue weighted by atomic mass is 9.96. The summed E-state index contributed by atoms with van der Waals surface area (Å²) in [6, 6.07) is 67.8. The van der Waals surface area contributed by atoms with E-state index in [1.165, 1.54) is 60.1 Å². The summed E-state index contributed by atoms with van der Waals surface area (Å²) < 4.78 is 4.76. The monoisotopic (exact) mass is 661 g/mol. The Morgan fingerprint density at radius 2 is 0.827 bits per heavy atom. The fourth-order valence-electron chi connectivity index (χ4n) is 8.33. The fourth-order valence-corrected chi connectivity index (χ4v) is 8.33. The van der Waals surface area contributed by atoms with E-state index >= 15 is 0 Å². The Morgan fingerprint density at radius 1 is 0.288 bits per heavy atom. The number of hydrogen-bond donors (Lipinski definition) is 0. The highest BCUT2D eigenvalue weighted by Gasteiger charge is 2.18. The molecule has 8 aromatic carbocycles. The van der Waals surface area contributed by atoms with Crippen LogP contribution in [0, 0.1) is 0 Å². The highest BCUT2D eigenvalue weighted by atomic mass is 15.0. The van der Waals surface area contributed by atoms with Gasteiger partial charge in [-0.2, -0.15) is 0 Å². The van der Waals surface area contributed by atoms with Gasteiger partial charge in [-0.15, -0.1) is 0 Å². The second-order valence-corrected chi connectivity index (χ2v) is 13.6. The molecule has 0 radical (unpaired) electrons. The third-order valence-electron chi connectivity index (χ3n) is 10.7. The maximum Gasteiger partial charge on any atom is 0.0788 e. The Kier molecular flexibility index (Phi) is 6.25. The predicted molar refractivity (Wildman–Crippen MR) is 219 cm³/mol. The van der Waals surface area contributed by atoms with Gasteiger partial charge in [-0.25, -0.2) is 4.98 Å². The number of aromatic nitrogens is 3. The number of pyridine rings is 1. The number of para-hydroxylation sites is 5. The van der Waals surface area contributed by atoms with Crippen molar-refractivity contribution in [3.05, 3.63) is 188 Å². The van der Waals surface area contributed by atoms with E-state index < -0.39 is 0 Å². The smallest absolute Gasteiger partial charge is 0.0788 e. The molecule has 0 fully saturated rings. The van der Waals surface area contributed by atoms with Crippen LogP contribution in [0.15, 0.2) is 188 Å². The van der Waals surface area contributed by atoms with Gasteiger partial charge in [0.05, 0.1) is 33.3 Å². The average Bonchev–Trinajstić information content (AvgIpc) is 3.73. The third-order valence-corrected chi connectivity index (χ3v) is 10.7. The van der Waals surface area contributed by atoms with Crippen molar-refractivity contribution in [1.82, 2.24) is 14.1 Å². The molecule has 0 atom stereocenters. The zero-order valence-electron chi connectivity index (χ0n) is 28.2. The lowest BCUT2D eigenvalue weighted by Gasteiger charge is -2.13. The molecule has 11 aromatic rings. The normalized spacial score (nSPS) is 11.8. The van der Waals surface area contributed by atoms with Crippen molar-refractivity contribution in [3.63, 3.8) is 0 Å². The average molecular weight is 662 g/mol. The molecule has 0 N–H and O–H groups in total. The van der Waals surface area contributed by atoms with Crippen LogP contribution < -0.4 is 0 Å². The summed E-state index contributed by atoms with van der Waals surface area (Å²) in [6.07, 6.45) is 0. The molecule has 0 aliphatic rings. The summed E-state index contributed by atoms with van der Waals surface area (Å²) in [5, 5.41) is 8.55. The summed E-state index contributed by atoms with van der Waals surface area (Å²) in [4.78, 5) is 5.33. The van der Waals surface area contributed by atoms with Gasteiger partial charge in [0.2, 0.25) is 0 Å². The van der Waals surface area contributed by atoms with E-state index in [1.54, 1.807) is 0 Å². The Hall–Kier alpha value is -6.97. The maximum atomic E-state index is 5.33. The first-order valence-corrected chi connectivity index (χ1v) is 17.8. The molecule has 3 heteroatoms. The van der Waals surface area contributed by atoms with Gasteiger partial charge in [0.1, 0.15) is 0 Å². The first-order valence-electron chi connectivity index (χ1n) is 17.8. The maximum absolute atomic E-state index is 5.33. The topological polar surface area (TPSA) is 22.8 Å². The zero-order valence-corrected chi connectivity index (χ0v) is 28.2. The molecular formula is C49H31N3. The van der Waals surface area contributed by atoms with Crippen LogP contribution in [0.3, 0.4) is 0 Å². The van der Waals surface area contributed by atoms with Gasteiger partial charge >= 0.3 is 0 Å². The van der Waals surface area contributed by atoms with E-state index in [0.717, 1.165) is 38.9 Å². The van der Waals surface area contributed by atoms with Crippen LogP contribution in [0.4, 0.5) is 0 Å². The molecule has 0 amide bonds. The number of benzene rings is 8. The van der Waals surface area contributed by atoms with Crippen LogP contribution in [0.25, 0.3) is 99.0 Å². The molecule has 3 heterocycles. The molecule has 0 bridgehead atoms. The Morgan fingerprint density at radius 3 is 1.52 bits per heavy atom. The standard InChI is InChI=1S/C49H31N3/c1-2-14-35(15-3-1)51-47-24-11-7-20-40(47)42-30-41-37-17-4-8-21-44(37)50-49(43(41)31-48(42)51)33-27-25-32(26-28-33)34-13-12-16-36(29-34)52-45-22-9-5-18-38(45)39-19-6-10-23-46(39)52/h1-31H. The molecule has 0 spiro atoms. The molecule has 3 aromatic heterocycles. The summed E-state index contributed by atoms with van der Waals surface area (Å²) in [7, 11) is 0. The highest BCUT2D eigenvalue weighted by Crippen LogP contribution is 2.40. The lowest BCUT2D eigenvalue weighted by Crippen LogP contribution is -1.95. The number of hydrogen-bond acceptors (Lipinski definition) is 1. The molecule has 0 aliphatic carbocycles. The summed E-state index contributed by atoms with van der Waals surface area (Å²) in [5.41, 5.74) is 12.5. The van der Waals surface area contributed by atoms with Crippen LogP contribution in [-0.4, -0.2) is 14.1 Å². The van der Waals surface area contributed by atoms with Crippen molar-refractivity contribution in [2.24, 2.45) is 0 Å². The summed E-state index contributed by atoms with van der Waals surface area (Å²) >= 11 is 0. The van der Waals surface area contributed by atoms with Crippen LogP contribution in [-0.2, 0) is 0 Å². The highest BCUT2D eigenvalue weighted by molar-refractivity contribution is 6.20. The third kappa shape index (κ3) is 4.30. The van der Waals surface area contributed by atoms with Crippen molar-refractivity contribution in [2.45, 2.75) is 0 Å². The summed E-state index contributed by atoms with van der Waals surface area (Å²) in [6.45, 7) is 0. The fraction of sp³-hybridized carbons (Fsp3) is 0. The van der Waals surface area contributed by atoms with Gasteiger partial charge in [0.25, 0.3) is 0 Å². The van der Waals surface area contributed by atoms with Gasteiger partial charge < -0.3 is 9.13 Å². The molecule has 3 nitrogen and oxygen atoms in total. The van der Waals surface area contributed by atoms with Crippen molar-refractivity contribution in [1.29, 1.82) is 0 Å². The van der Waals surface area contributed by atoms with Gasteiger partial charge in [-0.3, -0.25) is 0 Å². The lowest BCUT2D eigenvalue weighted by molar-refractivity contribution is 1.18. The van der Waals surface area contributed by atoms with Crippen LogP contribution in [0.5, 0.6) is 0 Å². The van der Waals surface area contributed by atoms with Crippen molar-refractivity contribution in [3.8, 4) is 33.8 Å². The van der Waals surface area contributed by atoms with Gasteiger partial charge in [-0.05, 0) is 77.2 Å². The van der Waals surface area contributed by atoms with Crippen LogP contribution >= 0.6 is 0 Å². The second kappa shape index (κ2) is 11.3. The zero-order chi connectivity index (χ0) is 34.2.